The van der Waals surface area contributed by atoms with Gasteiger partial charge in [-0.1, -0.05) is 58.0 Å². The predicted octanol–water partition coefficient (Wildman–Crippen LogP) is 3.82. The van der Waals surface area contributed by atoms with Crippen LogP contribution in [-0.2, 0) is 14.4 Å². The normalized spacial score (nSPS) is 21.9. The van der Waals surface area contributed by atoms with Crippen LogP contribution in [0.2, 0.25) is 0 Å². The first-order chi connectivity index (χ1) is 12.8. The number of rotatable bonds is 5. The number of likely N-dealkylation sites (tertiary alicyclic amines) is 1. The zero-order valence-electron chi connectivity index (χ0n) is 16.5. The highest BCUT2D eigenvalue weighted by molar-refractivity contribution is 6.09. The Hall–Kier alpha value is -2.43. The second-order valence-corrected chi connectivity index (χ2v) is 8.09. The summed E-state index contributed by atoms with van der Waals surface area (Å²) in [6.07, 6.45) is 5.06. The summed E-state index contributed by atoms with van der Waals surface area (Å²) < 4.78 is 0. The van der Waals surface area contributed by atoms with Gasteiger partial charge < -0.3 is 5.32 Å². The number of amides is 3. The molecule has 0 spiro atoms. The van der Waals surface area contributed by atoms with Crippen LogP contribution in [0.15, 0.2) is 30.4 Å². The third-order valence-corrected chi connectivity index (χ3v) is 5.54. The number of benzene rings is 1. The molecular weight excluding hydrogens is 340 g/mol. The molecule has 1 N–H and O–H groups in total. The molecule has 0 bridgehead atoms. The summed E-state index contributed by atoms with van der Waals surface area (Å²) in [4.78, 5) is 39.0. The molecule has 3 rings (SSSR count). The molecule has 1 fully saturated rings. The second-order valence-electron chi connectivity index (χ2n) is 8.09. The standard InChI is InChI=1S/C22H28N2O3/c1-13(2)15-10-7-11-16(14(3)4)20(15)23-19(25)12-24-21(26)17-8-5-6-9-18(17)22(24)27/h5-7,10-11,13-14,17-18H,8-9,12H2,1-4H3,(H,23,25). The highest BCUT2D eigenvalue weighted by atomic mass is 16.2. The molecule has 0 saturated carbocycles. The minimum Gasteiger partial charge on any atom is -0.324 e. The third-order valence-electron chi connectivity index (χ3n) is 5.54. The van der Waals surface area contributed by atoms with Gasteiger partial charge in [0, 0.05) is 5.69 Å². The number of nitrogens with one attached hydrogen (secondary N) is 1. The van der Waals surface area contributed by atoms with Gasteiger partial charge >= 0.3 is 0 Å². The van der Waals surface area contributed by atoms with Gasteiger partial charge in [0.05, 0.1) is 11.8 Å². The molecule has 1 heterocycles. The fraction of sp³-hybridized carbons (Fsp3) is 0.500. The first kappa shape index (κ1) is 19.3. The van der Waals surface area contributed by atoms with Gasteiger partial charge in [0.25, 0.3) is 0 Å². The molecule has 1 aliphatic carbocycles. The molecule has 0 aromatic heterocycles. The summed E-state index contributed by atoms with van der Waals surface area (Å²) >= 11 is 0. The van der Waals surface area contributed by atoms with Crippen LogP contribution in [0.1, 0.15) is 63.5 Å². The van der Waals surface area contributed by atoms with Crippen molar-refractivity contribution in [2.24, 2.45) is 11.8 Å². The number of carbonyl (C=O) groups excluding carboxylic acids is 3. The van der Waals surface area contributed by atoms with Gasteiger partial charge in [0.15, 0.2) is 0 Å². The van der Waals surface area contributed by atoms with Crippen LogP contribution in [0.25, 0.3) is 0 Å². The average molecular weight is 368 g/mol. The van der Waals surface area contributed by atoms with Gasteiger partial charge in [-0.25, -0.2) is 0 Å². The fourth-order valence-corrected chi connectivity index (χ4v) is 4.04. The Kier molecular flexibility index (Phi) is 5.49. The summed E-state index contributed by atoms with van der Waals surface area (Å²) in [5, 5.41) is 2.99. The van der Waals surface area contributed by atoms with E-state index in [1.165, 1.54) is 0 Å². The molecule has 1 aromatic rings. The number of nitrogens with zero attached hydrogens (tertiary/aromatic N) is 1. The van der Waals surface area contributed by atoms with Crippen LogP contribution in [0, 0.1) is 11.8 Å². The lowest BCUT2D eigenvalue weighted by Gasteiger charge is -2.21. The minimum absolute atomic E-state index is 0.214. The zero-order valence-corrected chi connectivity index (χ0v) is 16.5. The van der Waals surface area contributed by atoms with Crippen molar-refractivity contribution in [2.45, 2.75) is 52.4 Å². The van der Waals surface area contributed by atoms with Crippen LogP contribution >= 0.6 is 0 Å². The number of hydrogen-bond acceptors (Lipinski definition) is 3. The maximum absolute atomic E-state index is 12.7. The number of carbonyl (C=O) groups is 3. The number of imide groups is 1. The van der Waals surface area contributed by atoms with Gasteiger partial charge in [-0.3, -0.25) is 19.3 Å². The molecule has 3 amide bonds. The van der Waals surface area contributed by atoms with Gasteiger partial charge in [-0.15, -0.1) is 0 Å². The third kappa shape index (κ3) is 3.68. The number of hydrogen-bond donors (Lipinski definition) is 1. The Bertz CT molecular complexity index is 742. The molecule has 2 atom stereocenters. The van der Waals surface area contributed by atoms with Crippen molar-refractivity contribution < 1.29 is 14.4 Å². The minimum atomic E-state index is -0.321. The number of allylic oxidation sites excluding steroid dienone is 2. The van der Waals surface area contributed by atoms with E-state index in [0.29, 0.717) is 12.8 Å². The molecule has 5 nitrogen and oxygen atoms in total. The van der Waals surface area contributed by atoms with Crippen molar-refractivity contribution in [3.05, 3.63) is 41.5 Å². The van der Waals surface area contributed by atoms with E-state index < -0.39 is 0 Å². The summed E-state index contributed by atoms with van der Waals surface area (Å²) in [5.41, 5.74) is 2.93. The summed E-state index contributed by atoms with van der Waals surface area (Å²) in [6.45, 7) is 8.12. The molecule has 5 heteroatoms. The molecule has 0 radical (unpaired) electrons. The van der Waals surface area contributed by atoms with Crippen molar-refractivity contribution in [1.82, 2.24) is 4.90 Å². The summed E-state index contributed by atoms with van der Waals surface area (Å²) in [6, 6.07) is 6.03. The molecule has 27 heavy (non-hydrogen) atoms. The van der Waals surface area contributed by atoms with E-state index in [0.717, 1.165) is 21.7 Å². The Morgan fingerprint density at radius 1 is 1.00 bits per heavy atom. The lowest BCUT2D eigenvalue weighted by molar-refractivity contribution is -0.142. The summed E-state index contributed by atoms with van der Waals surface area (Å²) in [5.74, 6) is -0.852. The van der Waals surface area contributed by atoms with Gasteiger partial charge in [-0.2, -0.15) is 0 Å². The van der Waals surface area contributed by atoms with Crippen LogP contribution in [0.3, 0.4) is 0 Å². The van der Waals surface area contributed by atoms with Crippen LogP contribution in [0.5, 0.6) is 0 Å². The molecule has 1 aromatic carbocycles. The number of fused-ring (bicyclic) bond motifs is 1. The predicted molar refractivity (Wildman–Crippen MR) is 105 cm³/mol. The van der Waals surface area contributed by atoms with Crippen LogP contribution < -0.4 is 5.32 Å². The largest absolute Gasteiger partial charge is 0.324 e. The van der Waals surface area contributed by atoms with E-state index in [4.69, 9.17) is 0 Å². The lowest BCUT2D eigenvalue weighted by atomic mass is 9.85. The highest BCUT2D eigenvalue weighted by Crippen LogP contribution is 2.35. The van der Waals surface area contributed by atoms with Crippen molar-refractivity contribution in [3.63, 3.8) is 0 Å². The van der Waals surface area contributed by atoms with E-state index in [9.17, 15) is 14.4 Å². The van der Waals surface area contributed by atoms with E-state index in [2.05, 4.69) is 33.0 Å². The molecular formula is C22H28N2O3. The van der Waals surface area contributed by atoms with E-state index in [-0.39, 0.29) is 47.9 Å². The smallest absolute Gasteiger partial charge is 0.244 e. The quantitative estimate of drug-likeness (QED) is 0.635. The monoisotopic (exact) mass is 368 g/mol. The maximum Gasteiger partial charge on any atom is 0.244 e. The van der Waals surface area contributed by atoms with E-state index in [1.807, 2.05) is 30.4 Å². The summed E-state index contributed by atoms with van der Waals surface area (Å²) in [7, 11) is 0. The highest BCUT2D eigenvalue weighted by Gasteiger charge is 2.47. The fourth-order valence-electron chi connectivity index (χ4n) is 4.04. The SMILES string of the molecule is CC(C)c1cccc(C(C)C)c1NC(=O)CN1C(=O)C2CC=CCC2C1=O. The van der Waals surface area contributed by atoms with Gasteiger partial charge in [-0.05, 0) is 35.8 Å². The van der Waals surface area contributed by atoms with Crippen molar-refractivity contribution in [1.29, 1.82) is 0 Å². The van der Waals surface area contributed by atoms with Crippen molar-refractivity contribution in [3.8, 4) is 0 Å². The van der Waals surface area contributed by atoms with Crippen molar-refractivity contribution >= 4 is 23.4 Å². The van der Waals surface area contributed by atoms with Gasteiger partial charge in [0.2, 0.25) is 17.7 Å². The molecule has 144 valence electrons. The number of para-hydroxylation sites is 1. The first-order valence-electron chi connectivity index (χ1n) is 9.74. The maximum atomic E-state index is 12.7. The average Bonchev–Trinajstić information content (AvgIpc) is 2.86. The Labute approximate surface area is 160 Å². The Morgan fingerprint density at radius 3 is 1.93 bits per heavy atom. The first-order valence-corrected chi connectivity index (χ1v) is 9.74. The van der Waals surface area contributed by atoms with Crippen LogP contribution in [0.4, 0.5) is 5.69 Å². The number of anilines is 1. The van der Waals surface area contributed by atoms with E-state index in [1.54, 1.807) is 0 Å². The van der Waals surface area contributed by atoms with Crippen LogP contribution in [-0.4, -0.2) is 29.2 Å². The topological polar surface area (TPSA) is 66.5 Å². The van der Waals surface area contributed by atoms with Gasteiger partial charge in [0.1, 0.15) is 6.54 Å². The molecule has 2 aliphatic rings. The molecule has 2 unspecified atom stereocenters. The molecule has 1 aliphatic heterocycles. The Balaban J connectivity index is 1.79. The second kappa shape index (κ2) is 7.67. The Morgan fingerprint density at radius 2 is 1.48 bits per heavy atom. The zero-order chi connectivity index (χ0) is 19.7. The molecule has 1 saturated heterocycles. The van der Waals surface area contributed by atoms with Crippen molar-refractivity contribution in [2.75, 3.05) is 11.9 Å². The van der Waals surface area contributed by atoms with E-state index >= 15 is 0 Å². The lowest BCUT2D eigenvalue weighted by Crippen LogP contribution is -2.38.